The number of methoxy groups -OCH3 is 1. The minimum atomic E-state index is -0.258. The van der Waals surface area contributed by atoms with Crippen molar-refractivity contribution >= 4 is 15.9 Å². The van der Waals surface area contributed by atoms with Gasteiger partial charge in [0.1, 0.15) is 0 Å². The average Bonchev–Trinajstić information content (AvgIpc) is 2.66. The second-order valence-electron chi connectivity index (χ2n) is 6.08. The SMILES string of the molecule is COC1(C(N)c2c(Br)cnn2C(C)C)CCCCCC1. The summed E-state index contributed by atoms with van der Waals surface area (Å²) in [6.45, 7) is 4.25. The molecule has 1 aromatic heterocycles. The molecule has 1 aliphatic carbocycles. The molecular formula is C15H26BrN3O. The van der Waals surface area contributed by atoms with Crippen LogP contribution in [0.1, 0.15) is 70.2 Å². The lowest BCUT2D eigenvalue weighted by atomic mass is 9.84. The van der Waals surface area contributed by atoms with Gasteiger partial charge in [-0.3, -0.25) is 4.68 Å². The standard InChI is InChI=1S/C15H26BrN3O/c1-11(2)19-13(12(16)10-18-19)14(17)15(20-3)8-6-4-5-7-9-15/h10-11,14H,4-9,17H2,1-3H3. The molecule has 1 unspecified atom stereocenters. The van der Waals surface area contributed by atoms with Gasteiger partial charge in [0.25, 0.3) is 0 Å². The fourth-order valence-electron chi connectivity index (χ4n) is 3.27. The largest absolute Gasteiger partial charge is 0.376 e. The van der Waals surface area contributed by atoms with Crippen LogP contribution in [0.2, 0.25) is 0 Å². The molecule has 2 rings (SSSR count). The molecule has 5 heteroatoms. The summed E-state index contributed by atoms with van der Waals surface area (Å²) in [7, 11) is 1.80. The first kappa shape index (κ1) is 16.0. The average molecular weight is 344 g/mol. The van der Waals surface area contributed by atoms with Crippen LogP contribution in [0.5, 0.6) is 0 Å². The van der Waals surface area contributed by atoms with Crippen LogP contribution in [0.15, 0.2) is 10.7 Å². The predicted octanol–water partition coefficient (Wildman–Crippen LogP) is 3.97. The summed E-state index contributed by atoms with van der Waals surface area (Å²) in [6.07, 6.45) is 8.84. The highest BCUT2D eigenvalue weighted by Crippen LogP contribution is 2.41. The second-order valence-corrected chi connectivity index (χ2v) is 6.93. The molecule has 20 heavy (non-hydrogen) atoms. The van der Waals surface area contributed by atoms with Crippen LogP contribution >= 0.6 is 15.9 Å². The van der Waals surface area contributed by atoms with Gasteiger partial charge in [-0.25, -0.2) is 0 Å². The molecule has 1 aliphatic rings. The second kappa shape index (κ2) is 6.58. The van der Waals surface area contributed by atoms with E-state index in [4.69, 9.17) is 10.5 Å². The van der Waals surface area contributed by atoms with E-state index in [2.05, 4.69) is 34.9 Å². The van der Waals surface area contributed by atoms with E-state index in [-0.39, 0.29) is 11.6 Å². The highest BCUT2D eigenvalue weighted by molar-refractivity contribution is 9.10. The molecule has 0 bridgehead atoms. The number of nitrogens with two attached hydrogens (primary N) is 1. The Labute approximate surface area is 130 Å². The highest BCUT2D eigenvalue weighted by atomic mass is 79.9. The maximum Gasteiger partial charge on any atom is 0.0886 e. The molecule has 0 radical (unpaired) electrons. The van der Waals surface area contributed by atoms with E-state index in [0.717, 1.165) is 23.0 Å². The van der Waals surface area contributed by atoms with Crippen LogP contribution in [0.3, 0.4) is 0 Å². The van der Waals surface area contributed by atoms with Crippen molar-refractivity contribution < 1.29 is 4.74 Å². The van der Waals surface area contributed by atoms with Crippen LogP contribution < -0.4 is 5.73 Å². The monoisotopic (exact) mass is 343 g/mol. The molecule has 0 aromatic carbocycles. The van der Waals surface area contributed by atoms with E-state index < -0.39 is 0 Å². The van der Waals surface area contributed by atoms with Crippen LogP contribution in [-0.4, -0.2) is 22.5 Å². The lowest BCUT2D eigenvalue weighted by Gasteiger charge is -2.37. The van der Waals surface area contributed by atoms with Gasteiger partial charge in [-0.15, -0.1) is 0 Å². The van der Waals surface area contributed by atoms with E-state index in [1.54, 1.807) is 7.11 Å². The lowest BCUT2D eigenvalue weighted by molar-refractivity contribution is -0.0464. The Balaban J connectivity index is 2.37. The first-order chi connectivity index (χ1) is 9.52. The van der Waals surface area contributed by atoms with E-state index in [9.17, 15) is 0 Å². The summed E-state index contributed by atoms with van der Waals surface area (Å²) < 4.78 is 8.95. The fourth-order valence-corrected chi connectivity index (χ4v) is 3.79. The molecule has 0 spiro atoms. The molecule has 2 N–H and O–H groups in total. The van der Waals surface area contributed by atoms with Gasteiger partial charge in [-0.05, 0) is 42.6 Å². The molecule has 0 saturated heterocycles. The molecule has 0 amide bonds. The zero-order valence-electron chi connectivity index (χ0n) is 12.7. The Morgan fingerprint density at radius 1 is 1.30 bits per heavy atom. The van der Waals surface area contributed by atoms with Crippen molar-refractivity contribution in [1.29, 1.82) is 0 Å². The number of halogens is 1. The van der Waals surface area contributed by atoms with Gasteiger partial charge in [0.15, 0.2) is 0 Å². The molecule has 1 fully saturated rings. The third-order valence-corrected chi connectivity index (χ3v) is 5.10. The molecular weight excluding hydrogens is 318 g/mol. The van der Waals surface area contributed by atoms with Crippen molar-refractivity contribution in [3.8, 4) is 0 Å². The Hall–Kier alpha value is -0.390. The minimum absolute atomic E-state index is 0.148. The number of nitrogens with zero attached hydrogens (tertiary/aromatic N) is 2. The van der Waals surface area contributed by atoms with Crippen molar-refractivity contribution in [2.75, 3.05) is 7.11 Å². The van der Waals surface area contributed by atoms with Gasteiger partial charge in [-0.2, -0.15) is 5.10 Å². The van der Waals surface area contributed by atoms with Crippen molar-refractivity contribution in [1.82, 2.24) is 9.78 Å². The molecule has 1 saturated carbocycles. The first-order valence-electron chi connectivity index (χ1n) is 7.55. The maximum atomic E-state index is 6.65. The summed E-state index contributed by atoms with van der Waals surface area (Å²) in [5.41, 5.74) is 7.45. The molecule has 1 atom stereocenters. The zero-order valence-corrected chi connectivity index (χ0v) is 14.3. The van der Waals surface area contributed by atoms with E-state index in [1.807, 2.05) is 10.9 Å². The third kappa shape index (κ3) is 2.95. The Morgan fingerprint density at radius 3 is 2.40 bits per heavy atom. The molecule has 114 valence electrons. The lowest BCUT2D eigenvalue weighted by Crippen LogP contribution is -2.44. The molecule has 0 aliphatic heterocycles. The van der Waals surface area contributed by atoms with E-state index in [0.29, 0.717) is 6.04 Å². The van der Waals surface area contributed by atoms with Gasteiger partial charge in [0, 0.05) is 13.2 Å². The summed E-state index contributed by atoms with van der Waals surface area (Å²) in [4.78, 5) is 0. The molecule has 1 heterocycles. The van der Waals surface area contributed by atoms with Crippen LogP contribution in [-0.2, 0) is 4.74 Å². The Morgan fingerprint density at radius 2 is 1.90 bits per heavy atom. The van der Waals surface area contributed by atoms with Crippen LogP contribution in [0.4, 0.5) is 0 Å². The Kier molecular flexibility index (Phi) is 5.26. The summed E-state index contributed by atoms with van der Waals surface area (Å²) in [6, 6.07) is 0.145. The van der Waals surface area contributed by atoms with Gasteiger partial charge >= 0.3 is 0 Å². The summed E-state index contributed by atoms with van der Waals surface area (Å²) >= 11 is 3.61. The quantitative estimate of drug-likeness (QED) is 0.841. The highest BCUT2D eigenvalue weighted by Gasteiger charge is 2.40. The van der Waals surface area contributed by atoms with Crippen LogP contribution in [0, 0.1) is 0 Å². The fraction of sp³-hybridized carbons (Fsp3) is 0.800. The van der Waals surface area contributed by atoms with E-state index >= 15 is 0 Å². The number of aromatic nitrogens is 2. The van der Waals surface area contributed by atoms with Gasteiger partial charge < -0.3 is 10.5 Å². The number of ether oxygens (including phenoxy) is 1. The Bertz CT molecular complexity index is 436. The van der Waals surface area contributed by atoms with Crippen molar-refractivity contribution in [2.24, 2.45) is 5.73 Å². The normalized spacial score (nSPS) is 20.9. The van der Waals surface area contributed by atoms with Gasteiger partial charge in [0.05, 0.1) is 28.0 Å². The van der Waals surface area contributed by atoms with Gasteiger partial charge in [0.2, 0.25) is 0 Å². The van der Waals surface area contributed by atoms with Crippen molar-refractivity contribution in [2.45, 2.75) is 70.1 Å². The minimum Gasteiger partial charge on any atom is -0.376 e. The predicted molar refractivity (Wildman–Crippen MR) is 84.7 cm³/mol. The summed E-state index contributed by atoms with van der Waals surface area (Å²) in [5.74, 6) is 0. The number of hydrogen-bond acceptors (Lipinski definition) is 3. The van der Waals surface area contributed by atoms with Gasteiger partial charge in [-0.1, -0.05) is 25.7 Å². The zero-order chi connectivity index (χ0) is 14.8. The van der Waals surface area contributed by atoms with Crippen molar-refractivity contribution in [3.63, 3.8) is 0 Å². The van der Waals surface area contributed by atoms with E-state index in [1.165, 1.54) is 25.7 Å². The number of hydrogen-bond donors (Lipinski definition) is 1. The smallest absolute Gasteiger partial charge is 0.0886 e. The van der Waals surface area contributed by atoms with Crippen LogP contribution in [0.25, 0.3) is 0 Å². The van der Waals surface area contributed by atoms with Crippen molar-refractivity contribution in [3.05, 3.63) is 16.4 Å². The molecule has 4 nitrogen and oxygen atoms in total. The first-order valence-corrected chi connectivity index (χ1v) is 8.35. The third-order valence-electron chi connectivity index (χ3n) is 4.49. The maximum absolute atomic E-state index is 6.65. The topological polar surface area (TPSA) is 53.1 Å². The molecule has 1 aromatic rings. The summed E-state index contributed by atoms with van der Waals surface area (Å²) in [5, 5.41) is 4.45. The number of rotatable bonds is 4.